The zero-order valence-corrected chi connectivity index (χ0v) is 21.9. The summed E-state index contributed by atoms with van der Waals surface area (Å²) in [7, 11) is 2.97. The van der Waals surface area contributed by atoms with Crippen LogP contribution in [0.25, 0.3) is 17.0 Å². The molecular weight excluding hydrogens is 466 g/mol. The van der Waals surface area contributed by atoms with Crippen molar-refractivity contribution in [2.75, 3.05) is 33.9 Å². The highest BCUT2D eigenvalue weighted by Gasteiger charge is 2.23. The minimum atomic E-state index is -0.115. The quantitative estimate of drug-likeness (QED) is 0.260. The monoisotopic (exact) mass is 503 g/mol. The first-order valence-electron chi connectivity index (χ1n) is 12.9. The Balaban J connectivity index is 1.19. The van der Waals surface area contributed by atoms with Gasteiger partial charge in [-0.05, 0) is 74.5 Å². The fourth-order valence-corrected chi connectivity index (χ4v) is 4.96. The summed E-state index contributed by atoms with van der Waals surface area (Å²) in [4.78, 5) is 18.2. The van der Waals surface area contributed by atoms with E-state index < -0.39 is 0 Å². The van der Waals surface area contributed by atoms with Gasteiger partial charge < -0.3 is 29.8 Å². The SMILES string of the molecule is COc1cc(/C=C/C=C/C(=O)NC(C)CCN2CCC(c3c[nH]c4ccccc34)CC2)cc(OC)c1O. The maximum atomic E-state index is 12.3. The van der Waals surface area contributed by atoms with Crippen LogP contribution in [0, 0.1) is 0 Å². The average molecular weight is 504 g/mol. The number of phenolic OH excluding ortho intramolecular Hbond substituents is 1. The maximum Gasteiger partial charge on any atom is 0.244 e. The number of aromatic nitrogens is 1. The summed E-state index contributed by atoms with van der Waals surface area (Å²) in [5.41, 5.74) is 3.45. The Hall–Kier alpha value is -3.71. The van der Waals surface area contributed by atoms with Gasteiger partial charge in [-0.25, -0.2) is 0 Å². The number of aromatic hydroxyl groups is 1. The number of likely N-dealkylation sites (tertiary alicyclic amines) is 1. The lowest BCUT2D eigenvalue weighted by molar-refractivity contribution is -0.117. The Labute approximate surface area is 218 Å². The van der Waals surface area contributed by atoms with E-state index in [2.05, 4.69) is 52.6 Å². The summed E-state index contributed by atoms with van der Waals surface area (Å²) >= 11 is 0. The molecule has 0 bridgehead atoms. The van der Waals surface area contributed by atoms with E-state index in [4.69, 9.17) is 9.47 Å². The van der Waals surface area contributed by atoms with Gasteiger partial charge in [0, 0.05) is 35.8 Å². The highest BCUT2D eigenvalue weighted by atomic mass is 16.5. The number of hydrogen-bond acceptors (Lipinski definition) is 5. The number of hydrogen-bond donors (Lipinski definition) is 3. The van der Waals surface area contributed by atoms with Crippen LogP contribution in [-0.4, -0.2) is 60.8 Å². The normalized spacial score (nSPS) is 16.0. The van der Waals surface area contributed by atoms with Crippen LogP contribution in [0.3, 0.4) is 0 Å². The average Bonchev–Trinajstić information content (AvgIpc) is 3.35. The number of fused-ring (bicyclic) bond motifs is 1. The van der Waals surface area contributed by atoms with Crippen molar-refractivity contribution in [3.63, 3.8) is 0 Å². The van der Waals surface area contributed by atoms with E-state index in [1.54, 1.807) is 24.3 Å². The standard InChI is InChI=1S/C30H37N3O4/c1-21(32-29(34)11-7-4-8-22-18-27(36-2)30(35)28(19-22)37-3)12-15-33-16-13-23(14-17-33)25-20-31-26-10-6-5-9-24(25)26/h4-11,18-21,23,31,35H,12-17H2,1-3H3,(H,32,34)/b8-4+,11-7+. The number of aromatic amines is 1. The van der Waals surface area contributed by atoms with Gasteiger partial charge in [-0.1, -0.05) is 36.4 Å². The number of carbonyl (C=O) groups is 1. The molecule has 1 fully saturated rings. The molecule has 1 saturated heterocycles. The molecule has 1 atom stereocenters. The van der Waals surface area contributed by atoms with E-state index >= 15 is 0 Å². The third-order valence-corrected chi connectivity index (χ3v) is 7.07. The zero-order chi connectivity index (χ0) is 26.2. The number of H-pyrrole nitrogens is 1. The molecule has 2 heterocycles. The molecule has 0 radical (unpaired) electrons. The second-order valence-corrected chi connectivity index (χ2v) is 9.60. The molecule has 0 aliphatic carbocycles. The Kier molecular flexibility index (Phi) is 8.90. The van der Waals surface area contributed by atoms with Gasteiger partial charge in [-0.3, -0.25) is 4.79 Å². The first-order valence-corrected chi connectivity index (χ1v) is 12.9. The summed E-state index contributed by atoms with van der Waals surface area (Å²) in [5, 5.41) is 14.4. The summed E-state index contributed by atoms with van der Waals surface area (Å²) in [6, 6.07) is 12.0. The van der Waals surface area contributed by atoms with E-state index in [1.807, 2.05) is 6.08 Å². The van der Waals surface area contributed by atoms with Crippen molar-refractivity contribution in [3.05, 3.63) is 72.0 Å². The summed E-state index contributed by atoms with van der Waals surface area (Å²) < 4.78 is 10.3. The van der Waals surface area contributed by atoms with Crippen LogP contribution < -0.4 is 14.8 Å². The first-order chi connectivity index (χ1) is 18.0. The number of nitrogens with zero attached hydrogens (tertiary/aromatic N) is 1. The molecule has 3 aromatic rings. The zero-order valence-electron chi connectivity index (χ0n) is 21.9. The second kappa shape index (κ2) is 12.5. The number of ether oxygens (including phenoxy) is 2. The van der Waals surface area contributed by atoms with E-state index in [1.165, 1.54) is 36.8 Å². The van der Waals surface area contributed by atoms with Gasteiger partial charge >= 0.3 is 0 Å². The smallest absolute Gasteiger partial charge is 0.244 e. The highest BCUT2D eigenvalue weighted by Crippen LogP contribution is 2.37. The summed E-state index contributed by atoms with van der Waals surface area (Å²) in [6.45, 7) is 5.20. The predicted octanol–water partition coefficient (Wildman–Crippen LogP) is 5.23. The molecular formula is C30H37N3O4. The lowest BCUT2D eigenvalue weighted by Crippen LogP contribution is -2.38. The molecule has 4 rings (SSSR count). The van der Waals surface area contributed by atoms with Crippen molar-refractivity contribution in [1.29, 1.82) is 0 Å². The second-order valence-electron chi connectivity index (χ2n) is 9.60. The molecule has 1 amide bonds. The molecule has 1 aliphatic heterocycles. The van der Waals surface area contributed by atoms with Crippen molar-refractivity contribution in [1.82, 2.24) is 15.2 Å². The minimum Gasteiger partial charge on any atom is -0.502 e. The first kappa shape index (κ1) is 26.4. The van der Waals surface area contributed by atoms with Crippen LogP contribution >= 0.6 is 0 Å². The number of nitrogens with one attached hydrogen (secondary N) is 2. The van der Waals surface area contributed by atoms with Crippen molar-refractivity contribution in [2.45, 2.75) is 38.1 Å². The molecule has 1 aliphatic rings. The molecule has 196 valence electrons. The van der Waals surface area contributed by atoms with Gasteiger partial charge in [0.1, 0.15) is 0 Å². The Bertz CT molecular complexity index is 1230. The molecule has 2 aromatic carbocycles. The molecule has 7 nitrogen and oxygen atoms in total. The van der Waals surface area contributed by atoms with Crippen LogP contribution in [0.1, 0.15) is 43.2 Å². The summed E-state index contributed by atoms with van der Waals surface area (Å²) in [6.07, 6.45) is 12.2. The van der Waals surface area contributed by atoms with Gasteiger partial charge in [0.15, 0.2) is 11.5 Å². The lowest BCUT2D eigenvalue weighted by Gasteiger charge is -2.32. The topological polar surface area (TPSA) is 86.8 Å². The molecule has 3 N–H and O–H groups in total. The molecule has 0 saturated carbocycles. The number of para-hydroxylation sites is 1. The Morgan fingerprint density at radius 3 is 2.57 bits per heavy atom. The third kappa shape index (κ3) is 6.74. The van der Waals surface area contributed by atoms with Gasteiger partial charge in [-0.2, -0.15) is 0 Å². The van der Waals surface area contributed by atoms with Gasteiger partial charge in [-0.15, -0.1) is 0 Å². The fraction of sp³-hybridized carbons (Fsp3) is 0.367. The van der Waals surface area contributed by atoms with Gasteiger partial charge in [0.25, 0.3) is 0 Å². The van der Waals surface area contributed by atoms with Crippen molar-refractivity contribution in [2.24, 2.45) is 0 Å². The van der Waals surface area contributed by atoms with Crippen LogP contribution in [0.4, 0.5) is 0 Å². The van der Waals surface area contributed by atoms with Crippen molar-refractivity contribution >= 4 is 22.9 Å². The molecule has 37 heavy (non-hydrogen) atoms. The van der Waals surface area contributed by atoms with Gasteiger partial charge in [0.05, 0.1) is 14.2 Å². The third-order valence-electron chi connectivity index (χ3n) is 7.07. The Morgan fingerprint density at radius 2 is 1.86 bits per heavy atom. The van der Waals surface area contributed by atoms with E-state index in [-0.39, 0.29) is 17.7 Å². The molecule has 1 aromatic heterocycles. The van der Waals surface area contributed by atoms with Gasteiger partial charge in [0.2, 0.25) is 11.7 Å². The molecule has 7 heteroatoms. The Morgan fingerprint density at radius 1 is 1.16 bits per heavy atom. The highest BCUT2D eigenvalue weighted by molar-refractivity contribution is 5.88. The van der Waals surface area contributed by atoms with E-state index in [0.29, 0.717) is 17.4 Å². The van der Waals surface area contributed by atoms with Crippen LogP contribution in [0.15, 0.2) is 60.8 Å². The van der Waals surface area contributed by atoms with Crippen LogP contribution in [0.2, 0.25) is 0 Å². The minimum absolute atomic E-state index is 0.0373. The fourth-order valence-electron chi connectivity index (χ4n) is 4.96. The molecule has 0 spiro atoms. The number of allylic oxidation sites excluding steroid dienone is 2. The van der Waals surface area contributed by atoms with Crippen molar-refractivity contribution in [3.8, 4) is 17.2 Å². The number of phenols is 1. The van der Waals surface area contributed by atoms with Crippen LogP contribution in [0.5, 0.6) is 17.2 Å². The number of rotatable bonds is 10. The van der Waals surface area contributed by atoms with Crippen LogP contribution in [-0.2, 0) is 4.79 Å². The molecule has 1 unspecified atom stereocenters. The number of carbonyl (C=O) groups excluding carboxylic acids is 1. The number of piperidine rings is 1. The maximum absolute atomic E-state index is 12.3. The van der Waals surface area contributed by atoms with E-state index in [0.717, 1.165) is 44.5 Å². The summed E-state index contributed by atoms with van der Waals surface area (Å²) in [5.74, 6) is 1.11. The number of amides is 1. The number of benzene rings is 2. The number of methoxy groups -OCH3 is 2. The van der Waals surface area contributed by atoms with E-state index in [9.17, 15) is 9.90 Å². The lowest BCUT2D eigenvalue weighted by atomic mass is 9.89. The van der Waals surface area contributed by atoms with Crippen molar-refractivity contribution < 1.29 is 19.4 Å². The predicted molar refractivity (Wildman–Crippen MR) is 148 cm³/mol. The largest absolute Gasteiger partial charge is 0.502 e.